The summed E-state index contributed by atoms with van der Waals surface area (Å²) >= 11 is 3.55. The lowest BCUT2D eigenvalue weighted by atomic mass is 10.2. The molecule has 1 atom stereocenters. The SMILES string of the molecule is Cc1nc(CN(C)C(=O)CC2CSCCN2)cs1.Cl.Cl. The van der Waals surface area contributed by atoms with Gasteiger partial charge in [-0.2, -0.15) is 11.8 Å². The Kier molecular flexibility index (Phi) is 9.84. The molecule has 1 aromatic heterocycles. The normalized spacial score (nSPS) is 17.8. The smallest absolute Gasteiger partial charge is 0.224 e. The van der Waals surface area contributed by atoms with Crippen LogP contribution in [0.3, 0.4) is 0 Å². The second-order valence-corrected chi connectivity index (χ2v) is 6.75. The van der Waals surface area contributed by atoms with Crippen LogP contribution in [0.2, 0.25) is 0 Å². The molecule has 20 heavy (non-hydrogen) atoms. The molecule has 2 heterocycles. The van der Waals surface area contributed by atoms with E-state index in [1.165, 1.54) is 0 Å². The van der Waals surface area contributed by atoms with Gasteiger partial charge in [0, 0.05) is 42.9 Å². The van der Waals surface area contributed by atoms with Crippen LogP contribution in [0.5, 0.6) is 0 Å². The summed E-state index contributed by atoms with van der Waals surface area (Å²) in [7, 11) is 1.85. The lowest BCUT2D eigenvalue weighted by Crippen LogP contribution is -2.41. The van der Waals surface area contributed by atoms with E-state index in [2.05, 4.69) is 10.3 Å². The Bertz CT molecular complexity index is 411. The van der Waals surface area contributed by atoms with E-state index in [0.717, 1.165) is 28.8 Å². The van der Waals surface area contributed by atoms with E-state index in [1.807, 2.05) is 31.1 Å². The molecule has 0 radical (unpaired) electrons. The van der Waals surface area contributed by atoms with Gasteiger partial charge in [0.2, 0.25) is 5.91 Å². The molecule has 0 bridgehead atoms. The first-order valence-corrected chi connectivity index (χ1v) is 8.14. The fourth-order valence-electron chi connectivity index (χ4n) is 1.93. The van der Waals surface area contributed by atoms with Crippen LogP contribution in [0, 0.1) is 6.92 Å². The Morgan fingerprint density at radius 3 is 2.85 bits per heavy atom. The van der Waals surface area contributed by atoms with Crippen molar-refractivity contribution in [3.8, 4) is 0 Å². The highest BCUT2D eigenvalue weighted by molar-refractivity contribution is 7.99. The Labute approximate surface area is 140 Å². The molecular weight excluding hydrogens is 337 g/mol. The number of hydrogen-bond donors (Lipinski definition) is 1. The number of halogens is 2. The number of amides is 1. The Hall–Kier alpha value is -0.0100. The summed E-state index contributed by atoms with van der Waals surface area (Å²) < 4.78 is 0. The highest BCUT2D eigenvalue weighted by Gasteiger charge is 2.19. The van der Waals surface area contributed by atoms with Gasteiger partial charge in [-0.1, -0.05) is 0 Å². The van der Waals surface area contributed by atoms with Crippen molar-refractivity contribution in [3.05, 3.63) is 16.1 Å². The molecule has 1 aromatic rings. The topological polar surface area (TPSA) is 45.2 Å². The van der Waals surface area contributed by atoms with Gasteiger partial charge in [-0.15, -0.1) is 36.2 Å². The van der Waals surface area contributed by atoms with Crippen LogP contribution in [0.15, 0.2) is 5.38 Å². The number of rotatable bonds is 4. The average Bonchev–Trinajstić information content (AvgIpc) is 2.76. The summed E-state index contributed by atoms with van der Waals surface area (Å²) in [5, 5.41) is 6.46. The first kappa shape index (κ1) is 20.0. The lowest BCUT2D eigenvalue weighted by Gasteiger charge is -2.25. The van der Waals surface area contributed by atoms with E-state index < -0.39 is 0 Å². The molecule has 1 unspecified atom stereocenters. The highest BCUT2D eigenvalue weighted by atomic mass is 35.5. The maximum Gasteiger partial charge on any atom is 0.224 e. The minimum absolute atomic E-state index is 0. The summed E-state index contributed by atoms with van der Waals surface area (Å²) in [6.07, 6.45) is 0.590. The number of nitrogens with one attached hydrogen (secondary N) is 1. The van der Waals surface area contributed by atoms with E-state index in [-0.39, 0.29) is 30.7 Å². The van der Waals surface area contributed by atoms with Gasteiger partial charge in [-0.3, -0.25) is 4.79 Å². The summed E-state index contributed by atoms with van der Waals surface area (Å²) in [4.78, 5) is 18.2. The first-order valence-electron chi connectivity index (χ1n) is 6.11. The quantitative estimate of drug-likeness (QED) is 0.898. The van der Waals surface area contributed by atoms with Crippen LogP contribution in [0.25, 0.3) is 0 Å². The molecule has 116 valence electrons. The van der Waals surface area contributed by atoms with Crippen molar-refractivity contribution in [2.45, 2.75) is 25.9 Å². The fourth-order valence-corrected chi connectivity index (χ4v) is 3.48. The minimum Gasteiger partial charge on any atom is -0.340 e. The maximum atomic E-state index is 12.1. The van der Waals surface area contributed by atoms with Crippen molar-refractivity contribution in [2.75, 3.05) is 25.1 Å². The molecule has 1 amide bonds. The van der Waals surface area contributed by atoms with Gasteiger partial charge < -0.3 is 10.2 Å². The number of hydrogen-bond acceptors (Lipinski definition) is 5. The second-order valence-electron chi connectivity index (χ2n) is 4.54. The van der Waals surface area contributed by atoms with Crippen molar-refractivity contribution in [1.82, 2.24) is 15.2 Å². The van der Waals surface area contributed by atoms with Gasteiger partial charge >= 0.3 is 0 Å². The number of aromatic nitrogens is 1. The molecule has 0 aliphatic carbocycles. The van der Waals surface area contributed by atoms with E-state index >= 15 is 0 Å². The van der Waals surface area contributed by atoms with Crippen LogP contribution >= 0.6 is 47.9 Å². The van der Waals surface area contributed by atoms with E-state index in [0.29, 0.717) is 19.0 Å². The third-order valence-corrected chi connectivity index (χ3v) is 4.86. The van der Waals surface area contributed by atoms with Crippen molar-refractivity contribution in [2.24, 2.45) is 0 Å². The van der Waals surface area contributed by atoms with Gasteiger partial charge in [0.15, 0.2) is 0 Å². The molecule has 2 rings (SSSR count). The van der Waals surface area contributed by atoms with E-state index in [4.69, 9.17) is 0 Å². The molecule has 1 N–H and O–H groups in total. The zero-order valence-electron chi connectivity index (χ0n) is 11.6. The Balaban J connectivity index is 0.00000180. The van der Waals surface area contributed by atoms with Gasteiger partial charge in [0.1, 0.15) is 0 Å². The van der Waals surface area contributed by atoms with Crippen molar-refractivity contribution >= 4 is 53.8 Å². The number of nitrogens with zero attached hydrogens (tertiary/aromatic N) is 2. The molecule has 0 spiro atoms. The summed E-state index contributed by atoms with van der Waals surface area (Å²) in [6, 6.07) is 0.330. The second kappa shape index (κ2) is 9.84. The summed E-state index contributed by atoms with van der Waals surface area (Å²) in [6.45, 7) is 3.61. The summed E-state index contributed by atoms with van der Waals surface area (Å²) in [5.74, 6) is 2.38. The van der Waals surface area contributed by atoms with Crippen LogP contribution in [-0.2, 0) is 11.3 Å². The Morgan fingerprint density at radius 1 is 1.55 bits per heavy atom. The zero-order valence-corrected chi connectivity index (χ0v) is 14.9. The van der Waals surface area contributed by atoms with Crippen molar-refractivity contribution < 1.29 is 4.79 Å². The van der Waals surface area contributed by atoms with Crippen molar-refractivity contribution in [1.29, 1.82) is 0 Å². The van der Waals surface area contributed by atoms with Crippen LogP contribution < -0.4 is 5.32 Å². The van der Waals surface area contributed by atoms with Crippen LogP contribution in [0.1, 0.15) is 17.1 Å². The molecule has 1 fully saturated rings. The molecule has 0 aromatic carbocycles. The largest absolute Gasteiger partial charge is 0.340 e. The lowest BCUT2D eigenvalue weighted by molar-refractivity contribution is -0.130. The average molecular weight is 358 g/mol. The number of thioether (sulfide) groups is 1. The van der Waals surface area contributed by atoms with E-state index in [1.54, 1.807) is 16.2 Å². The molecule has 8 heteroatoms. The third-order valence-electron chi connectivity index (χ3n) is 2.91. The maximum absolute atomic E-state index is 12.1. The van der Waals surface area contributed by atoms with E-state index in [9.17, 15) is 4.79 Å². The zero-order chi connectivity index (χ0) is 13.0. The number of carbonyl (C=O) groups is 1. The van der Waals surface area contributed by atoms with Crippen LogP contribution in [-0.4, -0.2) is 46.9 Å². The highest BCUT2D eigenvalue weighted by Crippen LogP contribution is 2.13. The molecule has 4 nitrogen and oxygen atoms in total. The standard InChI is InChI=1S/C12H19N3OS2.2ClH/c1-9-14-11(8-18-9)6-15(2)12(16)5-10-7-17-4-3-13-10;;/h8,10,13H,3-7H2,1-2H3;2*1H. The molecule has 0 saturated carbocycles. The predicted octanol–water partition coefficient (Wildman–Crippen LogP) is 2.35. The van der Waals surface area contributed by atoms with Gasteiger partial charge in [0.05, 0.1) is 17.2 Å². The number of thiazole rings is 1. The van der Waals surface area contributed by atoms with Gasteiger partial charge in [0.25, 0.3) is 0 Å². The number of carbonyl (C=O) groups excluding carboxylic acids is 1. The Morgan fingerprint density at radius 2 is 2.30 bits per heavy atom. The molecule has 1 aliphatic heterocycles. The monoisotopic (exact) mass is 357 g/mol. The third kappa shape index (κ3) is 6.18. The summed E-state index contributed by atoms with van der Waals surface area (Å²) in [5.41, 5.74) is 0.985. The minimum atomic E-state index is 0. The van der Waals surface area contributed by atoms with Gasteiger partial charge in [-0.25, -0.2) is 4.98 Å². The first-order chi connectivity index (χ1) is 8.65. The molecule has 1 saturated heterocycles. The van der Waals surface area contributed by atoms with Gasteiger partial charge in [-0.05, 0) is 6.92 Å². The van der Waals surface area contributed by atoms with Crippen LogP contribution in [0.4, 0.5) is 0 Å². The fraction of sp³-hybridized carbons (Fsp3) is 0.667. The number of aryl methyl sites for hydroxylation is 1. The molecular formula is C12H21Cl2N3OS2. The molecule has 1 aliphatic rings. The van der Waals surface area contributed by atoms with Crippen molar-refractivity contribution in [3.63, 3.8) is 0 Å². The predicted molar refractivity (Wildman–Crippen MR) is 91.6 cm³/mol.